The van der Waals surface area contributed by atoms with Gasteiger partial charge in [0.05, 0.1) is 17.1 Å². The average Bonchev–Trinajstić information content (AvgIpc) is 3.14. The van der Waals surface area contributed by atoms with E-state index in [1.807, 2.05) is 13.8 Å². The van der Waals surface area contributed by atoms with Crippen LogP contribution in [0.2, 0.25) is 0 Å². The standard InChI is InChI=1S/C29H38O6/c1-8-16-22-21(19(31)15-25(16,3)9-2)28(6)23(32)29(7,35-24(28)34-22)17-13-20-26(4,14-18(17)30)11-10-12-27(20,5)33/h8-9,16-17,20,24,33H,1-2,10-15H2,3-7H3/t16-,17+,20-,24-,25-,26-,27+,28+,29+/m0/s1. The largest absolute Gasteiger partial charge is 0.467 e. The molecule has 5 rings (SSSR count). The van der Waals surface area contributed by atoms with Gasteiger partial charge in [0.25, 0.3) is 0 Å². The number of carbonyl (C=O) groups excluding carboxylic acids is 3. The number of carbonyl (C=O) groups is 3. The highest BCUT2D eigenvalue weighted by Crippen LogP contribution is 2.63. The SMILES string of the molecule is C=C[C@H]1C2=C(C(=O)C[C@]1(C)C=C)[C@]1(C)C(=O)[C@@](C)([C@@H]3C[C@H]4[C@@](C)(CCC[C@@]4(C)O)CC3=O)O[C@@H]1O2. The Balaban J connectivity index is 1.53. The zero-order valence-corrected chi connectivity index (χ0v) is 21.6. The summed E-state index contributed by atoms with van der Waals surface area (Å²) in [5, 5.41) is 11.2. The first-order valence-electron chi connectivity index (χ1n) is 12.9. The Labute approximate surface area is 207 Å². The van der Waals surface area contributed by atoms with Gasteiger partial charge in [-0.15, -0.1) is 13.2 Å². The molecule has 2 heterocycles. The molecule has 0 aromatic rings. The third-order valence-corrected chi connectivity index (χ3v) is 10.4. The van der Waals surface area contributed by atoms with Gasteiger partial charge in [-0.05, 0) is 51.4 Å². The molecule has 6 heteroatoms. The van der Waals surface area contributed by atoms with Crippen LogP contribution in [0.1, 0.15) is 73.1 Å². The molecule has 3 aliphatic carbocycles. The van der Waals surface area contributed by atoms with Crippen molar-refractivity contribution in [1.82, 2.24) is 0 Å². The smallest absolute Gasteiger partial charge is 0.217 e. The van der Waals surface area contributed by atoms with Gasteiger partial charge < -0.3 is 14.6 Å². The second-order valence-corrected chi connectivity index (χ2v) is 12.8. The number of Topliss-reactive ketones (excluding diaryl/α,β-unsaturated/α-hetero) is 3. The van der Waals surface area contributed by atoms with Crippen LogP contribution in [0.15, 0.2) is 36.6 Å². The Bertz CT molecular complexity index is 1080. The maximum absolute atomic E-state index is 14.3. The summed E-state index contributed by atoms with van der Waals surface area (Å²) in [5.74, 6) is -1.10. The van der Waals surface area contributed by atoms with E-state index in [-0.39, 0.29) is 41.0 Å². The lowest BCUT2D eigenvalue weighted by molar-refractivity contribution is -0.194. The van der Waals surface area contributed by atoms with Gasteiger partial charge in [0.1, 0.15) is 22.6 Å². The van der Waals surface area contributed by atoms with E-state index in [4.69, 9.17) is 9.47 Å². The van der Waals surface area contributed by atoms with Crippen molar-refractivity contribution in [2.45, 2.75) is 90.6 Å². The Morgan fingerprint density at radius 3 is 2.34 bits per heavy atom. The van der Waals surface area contributed by atoms with Gasteiger partial charge in [-0.1, -0.05) is 32.4 Å². The number of aliphatic hydroxyl groups is 1. The van der Waals surface area contributed by atoms with Gasteiger partial charge in [-0.25, -0.2) is 0 Å². The zero-order chi connectivity index (χ0) is 25.8. The molecule has 3 fully saturated rings. The van der Waals surface area contributed by atoms with Crippen LogP contribution in [-0.4, -0.2) is 39.9 Å². The minimum atomic E-state index is -1.42. The predicted octanol–water partition coefficient (Wildman–Crippen LogP) is 4.46. The molecule has 35 heavy (non-hydrogen) atoms. The van der Waals surface area contributed by atoms with Gasteiger partial charge >= 0.3 is 0 Å². The molecule has 2 saturated carbocycles. The van der Waals surface area contributed by atoms with Gasteiger partial charge in [0, 0.05) is 24.2 Å². The maximum atomic E-state index is 14.3. The molecule has 0 spiro atoms. The topological polar surface area (TPSA) is 89.9 Å². The second-order valence-electron chi connectivity index (χ2n) is 12.8. The van der Waals surface area contributed by atoms with Crippen LogP contribution in [-0.2, 0) is 23.9 Å². The van der Waals surface area contributed by atoms with E-state index >= 15 is 0 Å². The Morgan fingerprint density at radius 2 is 1.71 bits per heavy atom. The van der Waals surface area contributed by atoms with Crippen LogP contribution >= 0.6 is 0 Å². The highest BCUT2D eigenvalue weighted by atomic mass is 16.7. The number of rotatable bonds is 3. The summed E-state index contributed by atoms with van der Waals surface area (Å²) in [6, 6.07) is 0. The van der Waals surface area contributed by atoms with Crippen molar-refractivity contribution in [2.24, 2.45) is 34.0 Å². The van der Waals surface area contributed by atoms with E-state index in [9.17, 15) is 19.5 Å². The molecular formula is C29H38O6. The van der Waals surface area contributed by atoms with E-state index < -0.39 is 34.2 Å². The Kier molecular flexibility index (Phi) is 5.11. The predicted molar refractivity (Wildman–Crippen MR) is 130 cm³/mol. The quantitative estimate of drug-likeness (QED) is 0.597. The summed E-state index contributed by atoms with van der Waals surface area (Å²) in [6.45, 7) is 17.1. The zero-order valence-electron chi connectivity index (χ0n) is 21.6. The van der Waals surface area contributed by atoms with Crippen LogP contribution in [0, 0.1) is 34.0 Å². The van der Waals surface area contributed by atoms with E-state index in [0.29, 0.717) is 30.6 Å². The van der Waals surface area contributed by atoms with Crippen LogP contribution in [0.5, 0.6) is 0 Å². The lowest BCUT2D eigenvalue weighted by atomic mass is 9.51. The maximum Gasteiger partial charge on any atom is 0.217 e. The fourth-order valence-corrected chi connectivity index (χ4v) is 8.25. The van der Waals surface area contributed by atoms with Gasteiger partial charge in [0.2, 0.25) is 6.29 Å². The summed E-state index contributed by atoms with van der Waals surface area (Å²) in [4.78, 5) is 41.2. The third-order valence-electron chi connectivity index (χ3n) is 10.4. The van der Waals surface area contributed by atoms with Crippen molar-refractivity contribution in [3.63, 3.8) is 0 Å². The highest BCUT2D eigenvalue weighted by Gasteiger charge is 2.72. The molecule has 6 nitrogen and oxygen atoms in total. The summed E-state index contributed by atoms with van der Waals surface area (Å²) < 4.78 is 12.6. The molecule has 0 aromatic carbocycles. The van der Waals surface area contributed by atoms with Gasteiger partial charge in [0.15, 0.2) is 11.6 Å². The lowest BCUT2D eigenvalue weighted by Gasteiger charge is -2.55. The number of allylic oxidation sites excluding steroid dienone is 2. The summed E-state index contributed by atoms with van der Waals surface area (Å²) in [7, 11) is 0. The number of ketones is 3. The van der Waals surface area contributed by atoms with Crippen molar-refractivity contribution in [2.75, 3.05) is 0 Å². The molecule has 0 unspecified atom stereocenters. The van der Waals surface area contributed by atoms with E-state index in [2.05, 4.69) is 20.1 Å². The van der Waals surface area contributed by atoms with Gasteiger partial charge in [-0.2, -0.15) is 0 Å². The first-order valence-corrected chi connectivity index (χ1v) is 12.9. The number of fused-ring (bicyclic) bond motifs is 3. The molecule has 190 valence electrons. The van der Waals surface area contributed by atoms with Gasteiger partial charge in [-0.3, -0.25) is 14.4 Å². The van der Waals surface area contributed by atoms with E-state index in [0.717, 1.165) is 12.8 Å². The fourth-order valence-electron chi connectivity index (χ4n) is 8.25. The van der Waals surface area contributed by atoms with Crippen LogP contribution in [0.4, 0.5) is 0 Å². The number of hydrogen-bond acceptors (Lipinski definition) is 6. The van der Waals surface area contributed by atoms with Crippen LogP contribution in [0.3, 0.4) is 0 Å². The first kappa shape index (κ1) is 24.6. The third kappa shape index (κ3) is 2.99. The second kappa shape index (κ2) is 7.25. The van der Waals surface area contributed by atoms with Crippen molar-refractivity contribution in [3.05, 3.63) is 36.6 Å². The highest BCUT2D eigenvalue weighted by molar-refractivity contribution is 6.11. The normalized spacial score (nSPS) is 51.4. The molecule has 1 saturated heterocycles. The van der Waals surface area contributed by atoms with Crippen LogP contribution < -0.4 is 0 Å². The molecule has 0 aromatic heterocycles. The molecule has 0 radical (unpaired) electrons. The van der Waals surface area contributed by atoms with Crippen LogP contribution in [0.25, 0.3) is 0 Å². The average molecular weight is 483 g/mol. The molecule has 2 aliphatic heterocycles. The molecular weight excluding hydrogens is 444 g/mol. The van der Waals surface area contributed by atoms with Crippen molar-refractivity contribution in [1.29, 1.82) is 0 Å². The first-order chi connectivity index (χ1) is 16.2. The molecule has 5 aliphatic rings. The molecule has 1 N–H and O–H groups in total. The molecule has 0 bridgehead atoms. The van der Waals surface area contributed by atoms with Crippen molar-refractivity contribution in [3.8, 4) is 0 Å². The minimum absolute atomic E-state index is 0.00625. The number of ether oxygens (including phenoxy) is 2. The summed E-state index contributed by atoms with van der Waals surface area (Å²) in [6.07, 6.45) is 5.87. The summed E-state index contributed by atoms with van der Waals surface area (Å²) in [5.41, 5.74) is -4.10. The molecule has 0 amide bonds. The fraction of sp³-hybridized carbons (Fsp3) is 0.690. The van der Waals surface area contributed by atoms with Crippen molar-refractivity contribution < 1.29 is 29.0 Å². The number of hydrogen-bond donors (Lipinski definition) is 1. The summed E-state index contributed by atoms with van der Waals surface area (Å²) >= 11 is 0. The van der Waals surface area contributed by atoms with E-state index in [1.54, 1.807) is 26.0 Å². The van der Waals surface area contributed by atoms with E-state index in [1.165, 1.54) is 0 Å². The minimum Gasteiger partial charge on any atom is -0.467 e. The Morgan fingerprint density at radius 1 is 1.03 bits per heavy atom. The lowest BCUT2D eigenvalue weighted by Crippen LogP contribution is -2.58. The Hall–Kier alpha value is -2.05. The monoisotopic (exact) mass is 482 g/mol. The van der Waals surface area contributed by atoms with Crippen molar-refractivity contribution >= 4 is 17.3 Å². The molecule has 9 atom stereocenters.